The SMILES string of the molecule is OCc1cc(Br)ccc1Sc1ccncc1. The molecule has 0 saturated carbocycles. The fourth-order valence-electron chi connectivity index (χ4n) is 1.30. The topological polar surface area (TPSA) is 33.1 Å². The van der Waals surface area contributed by atoms with Crippen molar-refractivity contribution in [3.63, 3.8) is 0 Å². The first-order valence-corrected chi connectivity index (χ1v) is 6.37. The highest BCUT2D eigenvalue weighted by atomic mass is 79.9. The molecule has 0 saturated heterocycles. The van der Waals surface area contributed by atoms with Crippen LogP contribution in [-0.4, -0.2) is 10.1 Å². The minimum atomic E-state index is 0.0485. The van der Waals surface area contributed by atoms with E-state index >= 15 is 0 Å². The number of hydrogen-bond donors (Lipinski definition) is 1. The average molecular weight is 296 g/mol. The Morgan fingerprint density at radius 1 is 1.19 bits per heavy atom. The van der Waals surface area contributed by atoms with Gasteiger partial charge in [0.15, 0.2) is 0 Å². The fourth-order valence-corrected chi connectivity index (χ4v) is 2.62. The molecule has 0 bridgehead atoms. The second kappa shape index (κ2) is 5.48. The molecule has 1 aromatic carbocycles. The molecule has 16 heavy (non-hydrogen) atoms. The van der Waals surface area contributed by atoms with Crippen LogP contribution >= 0.6 is 27.7 Å². The Bertz CT molecular complexity index is 476. The standard InChI is InChI=1S/C12H10BrNOS/c13-10-1-2-12(9(7-10)8-15)16-11-3-5-14-6-4-11/h1-7,15H,8H2. The van der Waals surface area contributed by atoms with Crippen LogP contribution in [0.2, 0.25) is 0 Å². The van der Waals surface area contributed by atoms with Crippen LogP contribution in [0.3, 0.4) is 0 Å². The molecule has 2 nitrogen and oxygen atoms in total. The maximum atomic E-state index is 9.27. The summed E-state index contributed by atoms with van der Waals surface area (Å²) in [5.74, 6) is 0. The van der Waals surface area contributed by atoms with Gasteiger partial charge in [0.25, 0.3) is 0 Å². The molecule has 0 atom stereocenters. The number of rotatable bonds is 3. The summed E-state index contributed by atoms with van der Waals surface area (Å²) in [6.07, 6.45) is 3.53. The molecule has 0 spiro atoms. The number of hydrogen-bond acceptors (Lipinski definition) is 3. The van der Waals surface area contributed by atoms with Gasteiger partial charge in [0.2, 0.25) is 0 Å². The molecule has 0 radical (unpaired) electrons. The lowest BCUT2D eigenvalue weighted by Crippen LogP contribution is -1.87. The van der Waals surface area contributed by atoms with Crippen molar-refractivity contribution < 1.29 is 5.11 Å². The maximum absolute atomic E-state index is 9.27. The third-order valence-corrected chi connectivity index (χ3v) is 3.69. The van der Waals surface area contributed by atoms with Gasteiger partial charge in [-0.05, 0) is 35.9 Å². The fraction of sp³-hybridized carbons (Fsp3) is 0.0833. The second-order valence-electron chi connectivity index (χ2n) is 3.20. The van der Waals surface area contributed by atoms with Crippen molar-refractivity contribution in [3.8, 4) is 0 Å². The van der Waals surface area contributed by atoms with Crippen LogP contribution in [0.25, 0.3) is 0 Å². The van der Waals surface area contributed by atoms with Crippen molar-refractivity contribution in [2.24, 2.45) is 0 Å². The van der Waals surface area contributed by atoms with Crippen LogP contribution in [-0.2, 0) is 6.61 Å². The van der Waals surface area contributed by atoms with Gasteiger partial charge in [0.05, 0.1) is 6.61 Å². The molecular weight excluding hydrogens is 286 g/mol. The summed E-state index contributed by atoms with van der Waals surface area (Å²) < 4.78 is 0.982. The Morgan fingerprint density at radius 2 is 1.94 bits per heavy atom. The van der Waals surface area contributed by atoms with E-state index in [0.717, 1.165) is 19.8 Å². The smallest absolute Gasteiger partial charge is 0.0693 e. The monoisotopic (exact) mass is 295 g/mol. The summed E-state index contributed by atoms with van der Waals surface area (Å²) in [6, 6.07) is 9.81. The number of pyridine rings is 1. The molecule has 2 aromatic rings. The molecule has 2 rings (SSSR count). The van der Waals surface area contributed by atoms with Crippen LogP contribution in [0.1, 0.15) is 5.56 Å². The molecule has 0 aliphatic carbocycles. The van der Waals surface area contributed by atoms with E-state index in [1.807, 2.05) is 30.3 Å². The van der Waals surface area contributed by atoms with Gasteiger partial charge in [-0.2, -0.15) is 0 Å². The van der Waals surface area contributed by atoms with Gasteiger partial charge in [0, 0.05) is 26.7 Å². The molecule has 0 fully saturated rings. The highest BCUT2D eigenvalue weighted by Gasteiger charge is 2.04. The lowest BCUT2D eigenvalue weighted by atomic mass is 10.2. The number of halogens is 1. The number of nitrogens with zero attached hydrogens (tertiary/aromatic N) is 1. The van der Waals surface area contributed by atoms with Crippen molar-refractivity contribution in [2.75, 3.05) is 0 Å². The van der Waals surface area contributed by atoms with Gasteiger partial charge < -0.3 is 5.11 Å². The maximum Gasteiger partial charge on any atom is 0.0693 e. The largest absolute Gasteiger partial charge is 0.392 e. The highest BCUT2D eigenvalue weighted by Crippen LogP contribution is 2.31. The summed E-state index contributed by atoms with van der Waals surface area (Å²) in [5, 5.41) is 9.27. The average Bonchev–Trinajstić information content (AvgIpc) is 2.33. The van der Waals surface area contributed by atoms with E-state index in [-0.39, 0.29) is 6.61 Å². The Hall–Kier alpha value is -0.840. The van der Waals surface area contributed by atoms with Crippen molar-refractivity contribution in [1.29, 1.82) is 0 Å². The number of benzene rings is 1. The van der Waals surface area contributed by atoms with Gasteiger partial charge in [-0.1, -0.05) is 27.7 Å². The van der Waals surface area contributed by atoms with Gasteiger partial charge >= 0.3 is 0 Å². The van der Waals surface area contributed by atoms with Crippen LogP contribution in [0.15, 0.2) is 57.0 Å². The van der Waals surface area contributed by atoms with Crippen LogP contribution in [0.5, 0.6) is 0 Å². The minimum absolute atomic E-state index is 0.0485. The van der Waals surface area contributed by atoms with E-state index in [1.165, 1.54) is 0 Å². The quantitative estimate of drug-likeness (QED) is 0.941. The van der Waals surface area contributed by atoms with Crippen LogP contribution in [0.4, 0.5) is 0 Å². The first kappa shape index (κ1) is 11.6. The van der Waals surface area contributed by atoms with Crippen molar-refractivity contribution in [2.45, 2.75) is 16.4 Å². The Balaban J connectivity index is 2.28. The van der Waals surface area contributed by atoms with Crippen molar-refractivity contribution in [1.82, 2.24) is 4.98 Å². The molecule has 1 aromatic heterocycles. The number of aliphatic hydroxyl groups is 1. The van der Waals surface area contributed by atoms with Gasteiger partial charge in [0.1, 0.15) is 0 Å². The summed E-state index contributed by atoms with van der Waals surface area (Å²) in [6.45, 7) is 0.0485. The minimum Gasteiger partial charge on any atom is -0.392 e. The molecule has 0 unspecified atom stereocenters. The van der Waals surface area contributed by atoms with E-state index in [4.69, 9.17) is 0 Å². The molecule has 82 valence electrons. The van der Waals surface area contributed by atoms with E-state index in [0.29, 0.717) is 0 Å². The zero-order valence-electron chi connectivity index (χ0n) is 8.43. The van der Waals surface area contributed by atoms with Crippen LogP contribution in [0, 0.1) is 0 Å². The third kappa shape index (κ3) is 2.84. The van der Waals surface area contributed by atoms with Gasteiger partial charge in [-0.3, -0.25) is 4.98 Å². The summed E-state index contributed by atoms with van der Waals surface area (Å²) in [7, 11) is 0. The lowest BCUT2D eigenvalue weighted by Gasteiger charge is -2.07. The number of aliphatic hydroxyl groups excluding tert-OH is 1. The first-order chi connectivity index (χ1) is 7.79. The Labute approximate surface area is 107 Å². The molecule has 4 heteroatoms. The molecule has 0 aliphatic rings. The van der Waals surface area contributed by atoms with E-state index < -0.39 is 0 Å². The highest BCUT2D eigenvalue weighted by molar-refractivity contribution is 9.10. The molecule has 1 N–H and O–H groups in total. The number of aromatic nitrogens is 1. The van der Waals surface area contributed by atoms with Gasteiger partial charge in [-0.25, -0.2) is 0 Å². The Morgan fingerprint density at radius 3 is 2.62 bits per heavy atom. The van der Waals surface area contributed by atoms with E-state index in [1.54, 1.807) is 24.2 Å². The summed E-state index contributed by atoms with van der Waals surface area (Å²) in [5.41, 5.74) is 0.927. The molecule has 1 heterocycles. The predicted molar refractivity (Wildman–Crippen MR) is 68.4 cm³/mol. The van der Waals surface area contributed by atoms with Crippen LogP contribution < -0.4 is 0 Å². The van der Waals surface area contributed by atoms with Crippen molar-refractivity contribution in [3.05, 3.63) is 52.8 Å². The van der Waals surface area contributed by atoms with E-state index in [9.17, 15) is 5.11 Å². The zero-order valence-corrected chi connectivity index (χ0v) is 10.8. The summed E-state index contributed by atoms with van der Waals surface area (Å²) in [4.78, 5) is 6.16. The van der Waals surface area contributed by atoms with Crippen molar-refractivity contribution >= 4 is 27.7 Å². The Kier molecular flexibility index (Phi) is 3.98. The van der Waals surface area contributed by atoms with Gasteiger partial charge in [-0.15, -0.1) is 0 Å². The first-order valence-electron chi connectivity index (χ1n) is 4.77. The second-order valence-corrected chi connectivity index (χ2v) is 5.23. The third-order valence-electron chi connectivity index (χ3n) is 2.07. The zero-order chi connectivity index (χ0) is 11.4. The molecule has 0 aliphatic heterocycles. The lowest BCUT2D eigenvalue weighted by molar-refractivity contribution is 0.279. The summed E-state index contributed by atoms with van der Waals surface area (Å²) >= 11 is 5.02. The molecule has 0 amide bonds. The molecular formula is C12H10BrNOS. The normalized spacial score (nSPS) is 10.4. The predicted octanol–water partition coefficient (Wildman–Crippen LogP) is 3.49. The van der Waals surface area contributed by atoms with E-state index in [2.05, 4.69) is 20.9 Å².